The highest BCUT2D eigenvalue weighted by Crippen LogP contribution is 2.09. The molecular weight excluding hydrogens is 304 g/mol. The van der Waals surface area contributed by atoms with Crippen LogP contribution in [0.15, 0.2) is 54.6 Å². The maximum Gasteiger partial charge on any atom is 0.239 e. The van der Waals surface area contributed by atoms with Gasteiger partial charge in [-0.15, -0.1) is 0 Å². The molecular formula is C19H22N2O3. The van der Waals surface area contributed by atoms with Gasteiger partial charge in [0.1, 0.15) is 0 Å². The lowest BCUT2D eigenvalue weighted by Gasteiger charge is -2.10. The van der Waals surface area contributed by atoms with Crippen LogP contribution in [0.25, 0.3) is 0 Å². The molecule has 0 heterocycles. The third kappa shape index (κ3) is 5.85. The van der Waals surface area contributed by atoms with Gasteiger partial charge in [-0.3, -0.25) is 9.59 Å². The quantitative estimate of drug-likeness (QED) is 0.777. The van der Waals surface area contributed by atoms with Crippen LogP contribution in [0.5, 0.6) is 0 Å². The highest BCUT2D eigenvalue weighted by atomic mass is 16.5. The minimum atomic E-state index is -0.219. The second kappa shape index (κ2) is 9.47. The smallest absolute Gasteiger partial charge is 0.239 e. The van der Waals surface area contributed by atoms with Crippen LogP contribution in [0.2, 0.25) is 0 Å². The molecule has 0 aliphatic rings. The Balaban J connectivity index is 1.74. The van der Waals surface area contributed by atoms with Gasteiger partial charge in [0.2, 0.25) is 11.8 Å². The second-order valence-corrected chi connectivity index (χ2v) is 5.42. The average molecular weight is 326 g/mol. The molecule has 5 heteroatoms. The molecule has 0 unspecified atom stereocenters. The molecule has 2 N–H and O–H groups in total. The number of benzene rings is 2. The van der Waals surface area contributed by atoms with Crippen molar-refractivity contribution in [3.63, 3.8) is 0 Å². The number of hydrogen-bond donors (Lipinski definition) is 2. The molecule has 0 aliphatic heterocycles. The lowest BCUT2D eigenvalue weighted by Crippen LogP contribution is -2.37. The van der Waals surface area contributed by atoms with Crippen LogP contribution >= 0.6 is 0 Å². The van der Waals surface area contributed by atoms with Crippen molar-refractivity contribution in [1.29, 1.82) is 0 Å². The lowest BCUT2D eigenvalue weighted by molar-refractivity contribution is -0.125. The molecule has 2 amide bonds. The van der Waals surface area contributed by atoms with Gasteiger partial charge in [0.25, 0.3) is 0 Å². The first-order valence-corrected chi connectivity index (χ1v) is 7.82. The van der Waals surface area contributed by atoms with Crippen LogP contribution in [0.4, 0.5) is 0 Å². The number of nitrogens with one attached hydrogen (secondary N) is 2. The first kappa shape index (κ1) is 17.7. The van der Waals surface area contributed by atoms with Gasteiger partial charge in [-0.2, -0.15) is 0 Å². The molecule has 5 nitrogen and oxygen atoms in total. The lowest BCUT2D eigenvalue weighted by atomic mass is 10.1. The van der Waals surface area contributed by atoms with Gasteiger partial charge < -0.3 is 15.4 Å². The van der Waals surface area contributed by atoms with Gasteiger partial charge in [-0.25, -0.2) is 0 Å². The molecule has 0 spiro atoms. The highest BCUT2D eigenvalue weighted by Gasteiger charge is 2.07. The Kier molecular flexibility index (Phi) is 6.98. The maximum atomic E-state index is 11.9. The van der Waals surface area contributed by atoms with Crippen molar-refractivity contribution >= 4 is 11.8 Å². The number of carbonyl (C=O) groups excluding carboxylic acids is 2. The van der Waals surface area contributed by atoms with E-state index in [1.54, 1.807) is 7.11 Å². The molecule has 2 aromatic carbocycles. The Morgan fingerprint density at radius 3 is 2.25 bits per heavy atom. The van der Waals surface area contributed by atoms with E-state index in [-0.39, 0.29) is 24.8 Å². The van der Waals surface area contributed by atoms with E-state index in [4.69, 9.17) is 4.74 Å². The number of rotatable bonds is 8. The van der Waals surface area contributed by atoms with E-state index in [1.165, 1.54) is 0 Å². The van der Waals surface area contributed by atoms with Crippen molar-refractivity contribution in [2.75, 3.05) is 13.7 Å². The third-order valence-electron chi connectivity index (χ3n) is 3.55. The normalized spacial score (nSPS) is 10.2. The molecule has 0 radical (unpaired) electrons. The Bertz CT molecular complexity index is 671. The third-order valence-corrected chi connectivity index (χ3v) is 3.55. The zero-order chi connectivity index (χ0) is 17.2. The summed E-state index contributed by atoms with van der Waals surface area (Å²) < 4.78 is 5.14. The van der Waals surface area contributed by atoms with Gasteiger partial charge >= 0.3 is 0 Å². The average Bonchev–Trinajstić information content (AvgIpc) is 2.60. The second-order valence-electron chi connectivity index (χ2n) is 5.42. The van der Waals surface area contributed by atoms with Gasteiger partial charge in [-0.05, 0) is 16.7 Å². The van der Waals surface area contributed by atoms with Crippen molar-refractivity contribution in [2.45, 2.75) is 19.6 Å². The molecule has 0 aliphatic carbocycles. The minimum Gasteiger partial charge on any atom is -0.380 e. The summed E-state index contributed by atoms with van der Waals surface area (Å²) in [6.45, 7) is 0.880. The highest BCUT2D eigenvalue weighted by molar-refractivity contribution is 5.85. The summed E-state index contributed by atoms with van der Waals surface area (Å²) >= 11 is 0. The standard InChI is InChI=1S/C19H22N2O3/c1-24-14-17-10-6-5-9-16(17)12-20-19(23)13-21-18(22)11-15-7-3-2-4-8-15/h2-10H,11-14H2,1H3,(H,20,23)(H,21,22). The van der Waals surface area contributed by atoms with Crippen LogP contribution in [-0.2, 0) is 33.9 Å². The van der Waals surface area contributed by atoms with Gasteiger partial charge in [0.05, 0.1) is 19.6 Å². The van der Waals surface area contributed by atoms with E-state index in [0.29, 0.717) is 13.2 Å². The van der Waals surface area contributed by atoms with Crippen molar-refractivity contribution < 1.29 is 14.3 Å². The van der Waals surface area contributed by atoms with E-state index in [2.05, 4.69) is 10.6 Å². The fourth-order valence-corrected chi connectivity index (χ4v) is 2.31. The molecule has 0 saturated heterocycles. The van der Waals surface area contributed by atoms with Gasteiger partial charge in [0, 0.05) is 13.7 Å². The fourth-order valence-electron chi connectivity index (χ4n) is 2.31. The van der Waals surface area contributed by atoms with Crippen LogP contribution in [0, 0.1) is 0 Å². The summed E-state index contributed by atoms with van der Waals surface area (Å²) in [5.41, 5.74) is 2.96. The molecule has 2 rings (SSSR count). The Hall–Kier alpha value is -2.66. The Morgan fingerprint density at radius 2 is 1.54 bits per heavy atom. The topological polar surface area (TPSA) is 67.4 Å². The van der Waals surface area contributed by atoms with E-state index in [9.17, 15) is 9.59 Å². The maximum absolute atomic E-state index is 11.9. The van der Waals surface area contributed by atoms with E-state index < -0.39 is 0 Å². The number of methoxy groups -OCH3 is 1. The summed E-state index contributed by atoms with van der Waals surface area (Å²) in [5.74, 6) is -0.389. The van der Waals surface area contributed by atoms with Crippen LogP contribution in [0.3, 0.4) is 0 Å². The van der Waals surface area contributed by atoms with E-state index >= 15 is 0 Å². The summed E-state index contributed by atoms with van der Waals surface area (Å²) in [4.78, 5) is 23.7. The fraction of sp³-hybridized carbons (Fsp3) is 0.263. The first-order chi connectivity index (χ1) is 11.7. The largest absolute Gasteiger partial charge is 0.380 e. The monoisotopic (exact) mass is 326 g/mol. The molecule has 0 atom stereocenters. The summed E-state index contributed by atoms with van der Waals surface area (Å²) in [6.07, 6.45) is 0.269. The van der Waals surface area contributed by atoms with Crippen molar-refractivity contribution in [3.8, 4) is 0 Å². The van der Waals surface area contributed by atoms with Crippen molar-refractivity contribution in [3.05, 3.63) is 71.3 Å². The van der Waals surface area contributed by atoms with E-state index in [0.717, 1.165) is 16.7 Å². The molecule has 0 saturated carbocycles. The molecule has 0 fully saturated rings. The molecule has 24 heavy (non-hydrogen) atoms. The van der Waals surface area contributed by atoms with Crippen LogP contribution in [0.1, 0.15) is 16.7 Å². The molecule has 0 aromatic heterocycles. The molecule has 2 aromatic rings. The summed E-state index contributed by atoms with van der Waals surface area (Å²) in [5, 5.41) is 5.44. The number of ether oxygens (including phenoxy) is 1. The number of amides is 2. The van der Waals surface area contributed by atoms with Gasteiger partial charge in [-0.1, -0.05) is 54.6 Å². The van der Waals surface area contributed by atoms with Crippen LogP contribution in [-0.4, -0.2) is 25.5 Å². The minimum absolute atomic E-state index is 0.0297. The molecule has 126 valence electrons. The molecule has 0 bridgehead atoms. The van der Waals surface area contributed by atoms with Crippen molar-refractivity contribution in [1.82, 2.24) is 10.6 Å². The SMILES string of the molecule is COCc1ccccc1CNC(=O)CNC(=O)Cc1ccccc1. The first-order valence-electron chi connectivity index (χ1n) is 7.82. The van der Waals surface area contributed by atoms with Gasteiger partial charge in [0.15, 0.2) is 0 Å². The predicted molar refractivity (Wildman–Crippen MR) is 92.2 cm³/mol. The zero-order valence-corrected chi connectivity index (χ0v) is 13.7. The predicted octanol–water partition coefficient (Wildman–Crippen LogP) is 1.81. The summed E-state index contributed by atoms with van der Waals surface area (Å²) in [6, 6.07) is 17.2. The van der Waals surface area contributed by atoms with Crippen LogP contribution < -0.4 is 10.6 Å². The number of hydrogen-bond acceptors (Lipinski definition) is 3. The van der Waals surface area contributed by atoms with E-state index in [1.807, 2.05) is 54.6 Å². The summed E-state index contributed by atoms with van der Waals surface area (Å²) in [7, 11) is 1.64. The van der Waals surface area contributed by atoms with Crippen molar-refractivity contribution in [2.24, 2.45) is 0 Å². The number of carbonyl (C=O) groups is 2. The Morgan fingerprint density at radius 1 is 0.875 bits per heavy atom. The zero-order valence-electron chi connectivity index (χ0n) is 13.7. The Labute approximate surface area is 142 Å².